The molecule has 0 atom stereocenters. The summed E-state index contributed by atoms with van der Waals surface area (Å²) in [5.41, 5.74) is 2.87. The van der Waals surface area contributed by atoms with Gasteiger partial charge in [-0.25, -0.2) is 9.97 Å². The minimum Gasteiger partial charge on any atom is -0.351 e. The number of rotatable bonds is 7. The number of amides is 1. The molecule has 5 nitrogen and oxygen atoms in total. The van der Waals surface area contributed by atoms with Crippen LogP contribution in [0.3, 0.4) is 0 Å². The molecule has 0 spiro atoms. The highest BCUT2D eigenvalue weighted by atomic mass is 35.5. The van der Waals surface area contributed by atoms with Crippen LogP contribution >= 0.6 is 34.3 Å². The molecule has 0 aliphatic heterocycles. The molecule has 4 rings (SSSR count). The molecule has 0 saturated carbocycles. The summed E-state index contributed by atoms with van der Waals surface area (Å²) in [4.78, 5) is 26.0. The molecule has 4 aromatic rings. The van der Waals surface area contributed by atoms with E-state index < -0.39 is 0 Å². The smallest absolute Gasteiger partial charge is 0.263 e. The summed E-state index contributed by atoms with van der Waals surface area (Å²) in [6.07, 6.45) is 6.77. The molecule has 0 saturated heterocycles. The number of aryl methyl sites for hydroxylation is 1. The number of pyridine rings is 1. The molecule has 8 heteroatoms. The highest BCUT2D eigenvalue weighted by Gasteiger charge is 2.13. The fourth-order valence-electron chi connectivity index (χ4n) is 2.75. The van der Waals surface area contributed by atoms with E-state index in [1.165, 1.54) is 11.3 Å². The SMILES string of the molecule is O=C(NCCCc1nc(-c2ccncc2)cs1)c1cnc(-c2ccccc2Cl)s1. The number of thiazole rings is 2. The highest BCUT2D eigenvalue weighted by molar-refractivity contribution is 7.17. The topological polar surface area (TPSA) is 67.8 Å². The van der Waals surface area contributed by atoms with Crippen LogP contribution in [0.2, 0.25) is 5.02 Å². The van der Waals surface area contributed by atoms with Gasteiger partial charge in [0.25, 0.3) is 5.91 Å². The molecule has 1 aromatic carbocycles. The van der Waals surface area contributed by atoms with Crippen molar-refractivity contribution < 1.29 is 4.79 Å². The summed E-state index contributed by atoms with van der Waals surface area (Å²) in [5.74, 6) is -0.114. The zero-order valence-electron chi connectivity index (χ0n) is 15.3. The first-order chi connectivity index (χ1) is 14.2. The Balaban J connectivity index is 1.28. The summed E-state index contributed by atoms with van der Waals surface area (Å²) in [5, 5.41) is 7.44. The van der Waals surface area contributed by atoms with Crippen molar-refractivity contribution >= 4 is 40.2 Å². The first-order valence-electron chi connectivity index (χ1n) is 9.04. The Hall–Kier alpha value is -2.61. The first kappa shape index (κ1) is 19.7. The van der Waals surface area contributed by atoms with E-state index >= 15 is 0 Å². The van der Waals surface area contributed by atoms with Crippen LogP contribution in [0, 0.1) is 0 Å². The van der Waals surface area contributed by atoms with Gasteiger partial charge in [0.1, 0.15) is 9.88 Å². The van der Waals surface area contributed by atoms with Gasteiger partial charge in [-0.15, -0.1) is 22.7 Å². The van der Waals surface area contributed by atoms with Gasteiger partial charge in [0.05, 0.1) is 21.9 Å². The summed E-state index contributed by atoms with van der Waals surface area (Å²) in [6.45, 7) is 0.586. The molecule has 0 aliphatic carbocycles. The van der Waals surface area contributed by atoms with Crippen LogP contribution in [0.1, 0.15) is 21.1 Å². The normalized spacial score (nSPS) is 10.8. The number of nitrogens with zero attached hydrogens (tertiary/aromatic N) is 3. The van der Waals surface area contributed by atoms with Gasteiger partial charge in [0.2, 0.25) is 0 Å². The number of carbonyl (C=O) groups is 1. The molecule has 0 unspecified atom stereocenters. The minimum atomic E-state index is -0.114. The van der Waals surface area contributed by atoms with Crippen LogP contribution in [0.25, 0.3) is 21.8 Å². The second kappa shape index (κ2) is 9.26. The Kier molecular flexibility index (Phi) is 6.29. The summed E-state index contributed by atoms with van der Waals surface area (Å²) in [6, 6.07) is 11.4. The van der Waals surface area contributed by atoms with E-state index in [-0.39, 0.29) is 5.91 Å². The number of hydrogen-bond donors (Lipinski definition) is 1. The lowest BCUT2D eigenvalue weighted by atomic mass is 10.2. The minimum absolute atomic E-state index is 0.114. The van der Waals surface area contributed by atoms with Gasteiger partial charge < -0.3 is 5.32 Å². The summed E-state index contributed by atoms with van der Waals surface area (Å²) in [7, 11) is 0. The molecule has 0 fully saturated rings. The lowest BCUT2D eigenvalue weighted by molar-refractivity contribution is 0.0957. The molecule has 0 bridgehead atoms. The monoisotopic (exact) mass is 440 g/mol. The van der Waals surface area contributed by atoms with E-state index in [0.717, 1.165) is 39.7 Å². The molecule has 146 valence electrons. The van der Waals surface area contributed by atoms with Crippen molar-refractivity contribution in [1.82, 2.24) is 20.3 Å². The van der Waals surface area contributed by atoms with Crippen molar-refractivity contribution in [1.29, 1.82) is 0 Å². The number of hydrogen-bond acceptors (Lipinski definition) is 6. The van der Waals surface area contributed by atoms with Crippen molar-refractivity contribution in [3.8, 4) is 21.8 Å². The van der Waals surface area contributed by atoms with Crippen LogP contribution in [-0.2, 0) is 6.42 Å². The second-order valence-corrected chi connectivity index (χ2v) is 8.61. The fourth-order valence-corrected chi connectivity index (χ4v) is 4.75. The summed E-state index contributed by atoms with van der Waals surface area (Å²) >= 11 is 9.18. The van der Waals surface area contributed by atoms with Crippen molar-refractivity contribution in [3.63, 3.8) is 0 Å². The molecule has 3 aromatic heterocycles. The third kappa shape index (κ3) is 4.87. The third-order valence-electron chi connectivity index (χ3n) is 4.21. The predicted molar refractivity (Wildman–Crippen MR) is 119 cm³/mol. The van der Waals surface area contributed by atoms with E-state index in [9.17, 15) is 4.79 Å². The molecule has 29 heavy (non-hydrogen) atoms. The Morgan fingerprint density at radius 2 is 1.97 bits per heavy atom. The molecular formula is C21H17ClN4OS2. The lowest BCUT2D eigenvalue weighted by Gasteiger charge is -2.02. The maximum Gasteiger partial charge on any atom is 0.263 e. The Bertz CT molecular complexity index is 1110. The Morgan fingerprint density at radius 3 is 2.79 bits per heavy atom. The van der Waals surface area contributed by atoms with Gasteiger partial charge >= 0.3 is 0 Å². The van der Waals surface area contributed by atoms with Gasteiger partial charge in [-0.3, -0.25) is 9.78 Å². The van der Waals surface area contributed by atoms with Gasteiger partial charge in [0, 0.05) is 41.9 Å². The molecule has 1 N–H and O–H groups in total. The zero-order valence-corrected chi connectivity index (χ0v) is 17.7. The quantitative estimate of drug-likeness (QED) is 0.393. The second-order valence-electron chi connectivity index (χ2n) is 6.23. The van der Waals surface area contributed by atoms with Crippen molar-refractivity contribution in [2.45, 2.75) is 12.8 Å². The number of benzene rings is 1. The van der Waals surface area contributed by atoms with Crippen LogP contribution in [0.5, 0.6) is 0 Å². The average Bonchev–Trinajstić information content (AvgIpc) is 3.42. The van der Waals surface area contributed by atoms with Crippen molar-refractivity contribution in [2.75, 3.05) is 6.54 Å². The Labute approximate surface area is 181 Å². The average molecular weight is 441 g/mol. The van der Waals surface area contributed by atoms with Crippen LogP contribution in [-0.4, -0.2) is 27.4 Å². The number of carbonyl (C=O) groups excluding carboxylic acids is 1. The summed E-state index contributed by atoms with van der Waals surface area (Å²) < 4.78 is 0. The van der Waals surface area contributed by atoms with Gasteiger partial charge in [-0.2, -0.15) is 0 Å². The molecule has 0 aliphatic rings. The molecule has 1 amide bonds. The van der Waals surface area contributed by atoms with Gasteiger partial charge in [0.15, 0.2) is 0 Å². The van der Waals surface area contributed by atoms with Crippen LogP contribution in [0.4, 0.5) is 0 Å². The van der Waals surface area contributed by atoms with Gasteiger partial charge in [-0.1, -0.05) is 29.8 Å². The fraction of sp³-hybridized carbons (Fsp3) is 0.143. The standard InChI is InChI=1S/C21H17ClN4OS2/c22-16-5-2-1-4-15(16)21-25-12-18(29-21)20(27)24-9-3-6-19-26-17(13-28-19)14-7-10-23-11-8-14/h1-2,4-5,7-8,10-13H,3,6,9H2,(H,24,27). The maximum atomic E-state index is 12.4. The van der Waals surface area contributed by atoms with Crippen LogP contribution in [0.15, 0.2) is 60.4 Å². The molecule has 3 heterocycles. The largest absolute Gasteiger partial charge is 0.351 e. The van der Waals surface area contributed by atoms with E-state index in [1.807, 2.05) is 36.4 Å². The first-order valence-corrected chi connectivity index (χ1v) is 11.1. The van der Waals surface area contributed by atoms with E-state index in [0.29, 0.717) is 16.4 Å². The highest BCUT2D eigenvalue weighted by Crippen LogP contribution is 2.30. The van der Waals surface area contributed by atoms with E-state index in [1.54, 1.807) is 29.9 Å². The number of nitrogens with one attached hydrogen (secondary N) is 1. The number of halogens is 1. The van der Waals surface area contributed by atoms with Gasteiger partial charge in [-0.05, 0) is 24.6 Å². The third-order valence-corrected chi connectivity index (χ3v) is 6.48. The van der Waals surface area contributed by atoms with E-state index in [4.69, 9.17) is 11.6 Å². The predicted octanol–water partition coefficient (Wildman–Crippen LogP) is 5.34. The lowest BCUT2D eigenvalue weighted by Crippen LogP contribution is -2.23. The van der Waals surface area contributed by atoms with E-state index in [2.05, 4.69) is 25.6 Å². The number of aromatic nitrogens is 3. The zero-order chi connectivity index (χ0) is 20.1. The Morgan fingerprint density at radius 1 is 1.14 bits per heavy atom. The van der Waals surface area contributed by atoms with Crippen molar-refractivity contribution in [2.24, 2.45) is 0 Å². The van der Waals surface area contributed by atoms with Crippen molar-refractivity contribution in [3.05, 3.63) is 75.3 Å². The molecule has 0 radical (unpaired) electrons. The maximum absolute atomic E-state index is 12.4. The van der Waals surface area contributed by atoms with Crippen LogP contribution < -0.4 is 5.32 Å². The molecular weight excluding hydrogens is 424 g/mol.